The summed E-state index contributed by atoms with van der Waals surface area (Å²) in [7, 11) is 0. The minimum atomic E-state index is 1.17. The summed E-state index contributed by atoms with van der Waals surface area (Å²) in [6.45, 7) is 0. The summed E-state index contributed by atoms with van der Waals surface area (Å²) in [5.41, 5.74) is 14.5. The van der Waals surface area contributed by atoms with Crippen LogP contribution in [0.3, 0.4) is 0 Å². The molecular weight excluding hydrogens is 649 g/mol. The lowest BCUT2D eigenvalue weighted by Crippen LogP contribution is -1.95. The van der Waals surface area contributed by atoms with Gasteiger partial charge in [-0.15, -0.1) is 0 Å². The predicted octanol–water partition coefficient (Wildman–Crippen LogP) is 15.0. The highest BCUT2D eigenvalue weighted by molar-refractivity contribution is 6.23. The molecule has 54 heavy (non-hydrogen) atoms. The Morgan fingerprint density at radius 1 is 0.222 bits per heavy atom. The molecule has 0 unspecified atom stereocenters. The van der Waals surface area contributed by atoms with E-state index in [-0.39, 0.29) is 0 Å². The van der Waals surface area contributed by atoms with Gasteiger partial charge >= 0.3 is 0 Å². The average molecular weight is 687 g/mol. The molecule has 0 N–H and O–H groups in total. The summed E-state index contributed by atoms with van der Waals surface area (Å²) >= 11 is 0. The van der Waals surface area contributed by atoms with E-state index in [4.69, 9.17) is 0 Å². The number of fused-ring (bicyclic) bond motifs is 2. The minimum Gasteiger partial charge on any atom is -0.0622 e. The molecule has 0 aliphatic heterocycles. The third kappa shape index (κ3) is 6.58. The first-order valence-electron chi connectivity index (χ1n) is 18.6. The Bertz CT molecular complexity index is 2520. The molecule has 0 heterocycles. The zero-order chi connectivity index (χ0) is 36.1. The molecule has 0 aliphatic carbocycles. The Hall–Kier alpha value is -7.02. The number of benzene rings is 9. The summed E-state index contributed by atoms with van der Waals surface area (Å²) in [6, 6.07) is 74.4. The third-order valence-corrected chi connectivity index (χ3v) is 10.3. The van der Waals surface area contributed by atoms with Gasteiger partial charge in [0.2, 0.25) is 0 Å². The Balaban J connectivity index is 1.28. The zero-order valence-electron chi connectivity index (χ0n) is 29.9. The summed E-state index contributed by atoms with van der Waals surface area (Å²) < 4.78 is 0. The van der Waals surface area contributed by atoms with Crippen LogP contribution in [0.4, 0.5) is 0 Å². The summed E-state index contributed by atoms with van der Waals surface area (Å²) in [5, 5.41) is 4.96. The SMILES string of the molecule is C(=Cc1ccc(-c2c3ccccc3c(-c3ccc(C=Cc4ccccc4)cc3-c3ccccc3)c3ccccc23)c(-c2ccccc2)c1)c1ccccc1. The smallest absolute Gasteiger partial charge is 0.00201 e. The minimum absolute atomic E-state index is 1.17. The Morgan fingerprint density at radius 3 is 0.870 bits per heavy atom. The Morgan fingerprint density at radius 2 is 0.519 bits per heavy atom. The van der Waals surface area contributed by atoms with Gasteiger partial charge in [-0.05, 0) is 100 Å². The van der Waals surface area contributed by atoms with Gasteiger partial charge in [0.15, 0.2) is 0 Å². The van der Waals surface area contributed by atoms with Crippen molar-refractivity contribution in [1.29, 1.82) is 0 Å². The first kappa shape index (κ1) is 32.9. The van der Waals surface area contributed by atoms with Crippen molar-refractivity contribution in [2.45, 2.75) is 0 Å². The number of rotatable bonds is 8. The number of hydrogen-bond acceptors (Lipinski definition) is 0. The molecule has 9 aromatic carbocycles. The monoisotopic (exact) mass is 686 g/mol. The van der Waals surface area contributed by atoms with Crippen molar-refractivity contribution in [3.8, 4) is 44.5 Å². The lowest BCUT2D eigenvalue weighted by Gasteiger charge is -2.21. The highest BCUT2D eigenvalue weighted by atomic mass is 14.2. The van der Waals surface area contributed by atoms with E-state index >= 15 is 0 Å². The molecule has 9 rings (SSSR count). The van der Waals surface area contributed by atoms with Crippen LogP contribution in [0.2, 0.25) is 0 Å². The topological polar surface area (TPSA) is 0 Å². The van der Waals surface area contributed by atoms with Crippen molar-refractivity contribution in [1.82, 2.24) is 0 Å². The molecule has 0 heteroatoms. The fraction of sp³-hybridized carbons (Fsp3) is 0. The Kier molecular flexibility index (Phi) is 9.07. The molecule has 0 saturated carbocycles. The van der Waals surface area contributed by atoms with E-state index in [1.165, 1.54) is 88.3 Å². The zero-order valence-corrected chi connectivity index (χ0v) is 29.9. The van der Waals surface area contributed by atoms with Crippen molar-refractivity contribution in [3.63, 3.8) is 0 Å². The molecular formula is C54H38. The van der Waals surface area contributed by atoms with Gasteiger partial charge in [-0.25, -0.2) is 0 Å². The van der Waals surface area contributed by atoms with Crippen molar-refractivity contribution < 1.29 is 0 Å². The maximum absolute atomic E-state index is 2.34. The Labute approximate surface area is 317 Å². The van der Waals surface area contributed by atoms with Crippen LogP contribution < -0.4 is 0 Å². The maximum Gasteiger partial charge on any atom is -0.00201 e. The van der Waals surface area contributed by atoms with E-state index in [0.717, 1.165) is 0 Å². The van der Waals surface area contributed by atoms with Gasteiger partial charge in [-0.3, -0.25) is 0 Å². The van der Waals surface area contributed by atoms with Gasteiger partial charge in [-0.2, -0.15) is 0 Å². The molecule has 254 valence electrons. The number of hydrogen-bond donors (Lipinski definition) is 0. The van der Waals surface area contributed by atoms with E-state index in [9.17, 15) is 0 Å². The van der Waals surface area contributed by atoms with Crippen molar-refractivity contribution in [3.05, 3.63) is 229 Å². The van der Waals surface area contributed by atoms with Gasteiger partial charge in [-0.1, -0.05) is 218 Å². The van der Waals surface area contributed by atoms with Crippen LogP contribution in [-0.2, 0) is 0 Å². The molecule has 0 fully saturated rings. The normalized spacial score (nSPS) is 11.6. The molecule has 0 aromatic heterocycles. The lowest BCUT2D eigenvalue weighted by atomic mass is 9.81. The van der Waals surface area contributed by atoms with E-state index in [0.29, 0.717) is 0 Å². The fourth-order valence-corrected chi connectivity index (χ4v) is 7.70. The van der Waals surface area contributed by atoms with Crippen LogP contribution >= 0.6 is 0 Å². The molecule has 0 amide bonds. The second kappa shape index (κ2) is 14.9. The van der Waals surface area contributed by atoms with E-state index in [1.807, 2.05) is 0 Å². The van der Waals surface area contributed by atoms with Crippen LogP contribution in [0.1, 0.15) is 22.3 Å². The van der Waals surface area contributed by atoms with E-state index < -0.39 is 0 Å². The molecule has 0 saturated heterocycles. The molecule has 0 radical (unpaired) electrons. The van der Waals surface area contributed by atoms with Crippen LogP contribution in [0.15, 0.2) is 206 Å². The standard InChI is InChI=1S/C54H38/c1-5-17-39(18-6-1)29-31-41-33-35-49(51(37-41)43-21-9-3-10-22-43)53-45-25-13-15-27-47(45)54(48-28-16-14-26-46(48)53)50-36-34-42(32-30-40-19-7-2-8-20-40)38-52(50)44-23-11-4-12-24-44/h1-38H. The van der Waals surface area contributed by atoms with Gasteiger partial charge < -0.3 is 0 Å². The predicted molar refractivity (Wildman–Crippen MR) is 234 cm³/mol. The van der Waals surface area contributed by atoms with Gasteiger partial charge in [0.1, 0.15) is 0 Å². The second-order valence-corrected chi connectivity index (χ2v) is 13.7. The first-order chi connectivity index (χ1) is 26.8. The van der Waals surface area contributed by atoms with Crippen molar-refractivity contribution in [2.75, 3.05) is 0 Å². The van der Waals surface area contributed by atoms with Crippen molar-refractivity contribution in [2.24, 2.45) is 0 Å². The second-order valence-electron chi connectivity index (χ2n) is 13.7. The summed E-state index contributed by atoms with van der Waals surface area (Å²) in [6.07, 6.45) is 8.82. The van der Waals surface area contributed by atoms with Gasteiger partial charge in [0.25, 0.3) is 0 Å². The van der Waals surface area contributed by atoms with Crippen LogP contribution in [0, 0.1) is 0 Å². The molecule has 0 nitrogen and oxygen atoms in total. The van der Waals surface area contributed by atoms with Gasteiger partial charge in [0.05, 0.1) is 0 Å². The van der Waals surface area contributed by atoms with Gasteiger partial charge in [0, 0.05) is 0 Å². The highest BCUT2D eigenvalue weighted by Crippen LogP contribution is 2.48. The lowest BCUT2D eigenvalue weighted by molar-refractivity contribution is 1.58. The quantitative estimate of drug-likeness (QED) is 0.110. The largest absolute Gasteiger partial charge is 0.0622 e. The summed E-state index contributed by atoms with van der Waals surface area (Å²) in [4.78, 5) is 0. The fourth-order valence-electron chi connectivity index (χ4n) is 7.70. The van der Waals surface area contributed by atoms with Crippen LogP contribution in [-0.4, -0.2) is 0 Å². The molecule has 0 bridgehead atoms. The van der Waals surface area contributed by atoms with E-state index in [1.54, 1.807) is 0 Å². The highest BCUT2D eigenvalue weighted by Gasteiger charge is 2.21. The molecule has 0 spiro atoms. The molecule has 9 aromatic rings. The maximum atomic E-state index is 2.34. The van der Waals surface area contributed by atoms with E-state index in [2.05, 4.69) is 231 Å². The third-order valence-electron chi connectivity index (χ3n) is 10.3. The van der Waals surface area contributed by atoms with Crippen molar-refractivity contribution >= 4 is 45.8 Å². The summed E-state index contributed by atoms with van der Waals surface area (Å²) in [5.74, 6) is 0. The van der Waals surface area contributed by atoms with Crippen LogP contribution in [0.25, 0.3) is 90.4 Å². The molecule has 0 aliphatic rings. The average Bonchev–Trinajstić information content (AvgIpc) is 3.25. The molecule has 0 atom stereocenters. The first-order valence-corrected chi connectivity index (χ1v) is 18.6. The van der Waals surface area contributed by atoms with Crippen LogP contribution in [0.5, 0.6) is 0 Å².